The predicted octanol–water partition coefficient (Wildman–Crippen LogP) is -1.38. The highest BCUT2D eigenvalue weighted by Gasteiger charge is 2.21. The average molecular weight is 171 g/mol. The van der Waals surface area contributed by atoms with Gasteiger partial charge in [-0.1, -0.05) is 4.85 Å². The number of nitrogens with zero attached hydrogens (tertiary/aromatic N) is 1. The van der Waals surface area contributed by atoms with E-state index in [0.717, 1.165) is 0 Å². The number of H-pyrrole nitrogens is 1. The van der Waals surface area contributed by atoms with Crippen LogP contribution < -0.4 is 20.5 Å². The number of fused-ring (bicyclic) bond motifs is 1. The predicted molar refractivity (Wildman–Crippen MR) is 34.2 cm³/mol. The Labute approximate surface area is 65.2 Å². The molecule has 0 aliphatic carbocycles. The molecule has 0 atom stereocenters. The number of aromatic nitrogens is 2. The number of hydrogen-bond acceptors (Lipinski definition) is 5. The number of rotatable bonds is 0. The van der Waals surface area contributed by atoms with E-state index in [-0.39, 0.29) is 28.6 Å². The van der Waals surface area contributed by atoms with Crippen LogP contribution >= 0.6 is 0 Å². The molecule has 0 spiro atoms. The van der Waals surface area contributed by atoms with Crippen molar-refractivity contribution in [3.63, 3.8) is 0 Å². The number of hydrogen-bond donors (Lipinski definition) is 3. The quantitative estimate of drug-likeness (QED) is 0.419. The zero-order chi connectivity index (χ0) is 8.72. The minimum absolute atomic E-state index is 0.0405. The van der Waals surface area contributed by atoms with Crippen molar-refractivity contribution in [2.24, 2.45) is 0 Å². The third kappa shape index (κ3) is 0.698. The van der Waals surface area contributed by atoms with Crippen LogP contribution in [0, 0.1) is 5.41 Å². The highest BCUT2D eigenvalue weighted by Crippen LogP contribution is 2.21. The van der Waals surface area contributed by atoms with Crippen LogP contribution in [0.4, 0.5) is 0 Å². The monoisotopic (exact) mass is 171 g/mol. The molecule has 1 aromatic rings. The van der Waals surface area contributed by atoms with Crippen molar-refractivity contribution < 1.29 is 14.7 Å². The van der Waals surface area contributed by atoms with E-state index in [1.54, 1.807) is 0 Å². The molecule has 2 heterocycles. The third-order valence-electron chi connectivity index (χ3n) is 1.45. The first-order valence-electron chi connectivity index (χ1n) is 3.09. The zero-order valence-electron chi connectivity index (χ0n) is 5.83. The van der Waals surface area contributed by atoms with Crippen LogP contribution in [0.1, 0.15) is 0 Å². The fourth-order valence-corrected chi connectivity index (χ4v) is 0.922. The van der Waals surface area contributed by atoms with Gasteiger partial charge >= 0.3 is 5.56 Å². The van der Waals surface area contributed by atoms with Crippen LogP contribution in [-0.2, 0) is 0 Å². The molecule has 12 heavy (non-hydrogen) atoms. The van der Waals surface area contributed by atoms with Crippen LogP contribution in [0.5, 0.6) is 11.5 Å². The zero-order valence-corrected chi connectivity index (χ0v) is 5.83. The van der Waals surface area contributed by atoms with Gasteiger partial charge in [-0.05, 0) is 0 Å². The van der Waals surface area contributed by atoms with Gasteiger partial charge in [-0.25, -0.2) is 5.10 Å². The van der Waals surface area contributed by atoms with Crippen molar-refractivity contribution in [2.75, 3.05) is 6.79 Å². The molecular weight excluding hydrogens is 166 g/mol. The molecule has 0 fully saturated rings. The summed E-state index contributed by atoms with van der Waals surface area (Å²) >= 11 is 0. The molecule has 3 N–H and O–H groups in total. The van der Waals surface area contributed by atoms with Crippen molar-refractivity contribution in [3.05, 3.63) is 15.8 Å². The largest absolute Gasteiger partial charge is 0.449 e. The standard InChI is InChI=1S/C5H5N3O4/c6-4-2-3(12-1-11-2)5(9)7-8(4)10/h6,10H,1H2,(H,7,9). The Hall–Kier alpha value is -1.92. The summed E-state index contributed by atoms with van der Waals surface area (Å²) in [5.41, 5.74) is -0.969. The summed E-state index contributed by atoms with van der Waals surface area (Å²) in [6, 6.07) is 0. The Morgan fingerprint density at radius 2 is 2.17 bits per heavy atom. The minimum atomic E-state index is -0.624. The van der Waals surface area contributed by atoms with Crippen LogP contribution in [0.15, 0.2) is 4.79 Å². The summed E-state index contributed by atoms with van der Waals surface area (Å²) in [6.07, 6.45) is 0. The molecule has 1 aliphatic heterocycles. The van der Waals surface area contributed by atoms with E-state index in [4.69, 9.17) is 20.1 Å². The molecule has 0 radical (unpaired) electrons. The van der Waals surface area contributed by atoms with Crippen LogP contribution in [0.2, 0.25) is 0 Å². The summed E-state index contributed by atoms with van der Waals surface area (Å²) in [5.74, 6) is -0.105. The van der Waals surface area contributed by atoms with Gasteiger partial charge in [-0.15, -0.1) is 0 Å². The number of ether oxygens (including phenoxy) is 2. The molecule has 0 saturated heterocycles. The lowest BCUT2D eigenvalue weighted by Gasteiger charge is -1.98. The van der Waals surface area contributed by atoms with Gasteiger partial charge in [0.05, 0.1) is 0 Å². The van der Waals surface area contributed by atoms with Gasteiger partial charge < -0.3 is 14.7 Å². The molecule has 0 unspecified atom stereocenters. The average Bonchev–Trinajstić information content (AvgIpc) is 2.48. The normalized spacial score (nSPS) is 13.3. The highest BCUT2D eigenvalue weighted by atomic mass is 16.7. The van der Waals surface area contributed by atoms with Gasteiger partial charge in [-0.3, -0.25) is 10.2 Å². The van der Waals surface area contributed by atoms with Crippen molar-refractivity contribution in [1.82, 2.24) is 9.94 Å². The molecule has 64 valence electrons. The molecule has 0 saturated carbocycles. The molecule has 0 amide bonds. The van der Waals surface area contributed by atoms with Gasteiger partial charge in [0.2, 0.25) is 23.8 Å². The molecule has 7 heteroatoms. The van der Waals surface area contributed by atoms with E-state index in [2.05, 4.69) is 0 Å². The lowest BCUT2D eigenvalue weighted by Crippen LogP contribution is -2.27. The fourth-order valence-electron chi connectivity index (χ4n) is 0.922. The van der Waals surface area contributed by atoms with Gasteiger partial charge in [0, 0.05) is 0 Å². The van der Waals surface area contributed by atoms with Crippen LogP contribution in [0.25, 0.3) is 0 Å². The third-order valence-corrected chi connectivity index (χ3v) is 1.45. The molecule has 0 aromatic carbocycles. The molecule has 1 aliphatic rings. The van der Waals surface area contributed by atoms with Gasteiger partial charge in [0.1, 0.15) is 0 Å². The van der Waals surface area contributed by atoms with Gasteiger partial charge in [-0.2, -0.15) is 0 Å². The Kier molecular flexibility index (Phi) is 1.15. The van der Waals surface area contributed by atoms with E-state index in [1.807, 2.05) is 5.10 Å². The first-order valence-corrected chi connectivity index (χ1v) is 3.09. The highest BCUT2D eigenvalue weighted by molar-refractivity contribution is 5.35. The Morgan fingerprint density at radius 3 is 2.92 bits per heavy atom. The van der Waals surface area contributed by atoms with E-state index < -0.39 is 5.56 Å². The molecule has 1 aromatic heterocycles. The lowest BCUT2D eigenvalue weighted by atomic mass is 10.5. The van der Waals surface area contributed by atoms with Crippen molar-refractivity contribution in [2.45, 2.75) is 0 Å². The molecule has 2 rings (SSSR count). The minimum Gasteiger partial charge on any atom is -0.449 e. The van der Waals surface area contributed by atoms with E-state index in [0.29, 0.717) is 0 Å². The Balaban J connectivity index is 2.87. The summed E-state index contributed by atoms with van der Waals surface area (Å²) in [4.78, 5) is 11.2. The van der Waals surface area contributed by atoms with E-state index in [1.165, 1.54) is 0 Å². The number of aromatic amines is 1. The van der Waals surface area contributed by atoms with Gasteiger partial charge in [0.25, 0.3) is 0 Å². The van der Waals surface area contributed by atoms with E-state index in [9.17, 15) is 4.79 Å². The maximum atomic E-state index is 11.0. The first kappa shape index (κ1) is 6.77. The van der Waals surface area contributed by atoms with Crippen molar-refractivity contribution in [1.29, 1.82) is 5.41 Å². The second kappa shape index (κ2) is 2.03. The van der Waals surface area contributed by atoms with Crippen LogP contribution in [-0.4, -0.2) is 21.9 Å². The van der Waals surface area contributed by atoms with E-state index >= 15 is 0 Å². The van der Waals surface area contributed by atoms with Gasteiger partial charge in [0.15, 0.2) is 0 Å². The van der Waals surface area contributed by atoms with Crippen molar-refractivity contribution >= 4 is 0 Å². The van der Waals surface area contributed by atoms with Crippen LogP contribution in [0.3, 0.4) is 0 Å². The lowest BCUT2D eigenvalue weighted by molar-refractivity contribution is 0.123. The molecule has 7 nitrogen and oxygen atoms in total. The van der Waals surface area contributed by atoms with Crippen molar-refractivity contribution in [3.8, 4) is 11.5 Å². The Morgan fingerprint density at radius 1 is 1.50 bits per heavy atom. The summed E-state index contributed by atoms with van der Waals surface area (Å²) in [5, 5.41) is 18.1. The fraction of sp³-hybridized carbons (Fsp3) is 0.200. The summed E-state index contributed by atoms with van der Waals surface area (Å²) in [6.45, 7) is -0.103. The second-order valence-corrected chi connectivity index (χ2v) is 2.17. The summed E-state index contributed by atoms with van der Waals surface area (Å²) < 4.78 is 9.53. The SMILES string of the molecule is N=c1c2c(c(=O)[nH]n1O)OCO2. The first-order chi connectivity index (χ1) is 5.70. The molecule has 0 bridgehead atoms. The molecular formula is C5H5N3O4. The smallest absolute Gasteiger partial charge is 0.311 e. The topological polar surface area (TPSA) is 100 Å². The summed E-state index contributed by atoms with van der Waals surface area (Å²) in [7, 11) is 0. The maximum Gasteiger partial charge on any atom is 0.311 e. The Bertz CT molecular complexity index is 431. The number of nitrogens with one attached hydrogen (secondary N) is 2. The second-order valence-electron chi connectivity index (χ2n) is 2.17. The maximum absolute atomic E-state index is 11.0.